The zero-order valence-corrected chi connectivity index (χ0v) is 72.1. The second kappa shape index (κ2) is 49.6. The van der Waals surface area contributed by atoms with E-state index in [4.69, 9.17) is 104 Å². The number of aliphatic hydroxyl groups excluding tert-OH is 12. The number of hydrogen-bond donors (Lipinski definition) is 20. The second-order valence-corrected chi connectivity index (χ2v) is 30.9. The molecule has 0 aromatic rings. The topological polar surface area (TPSA) is 780 Å². The molecule has 0 aliphatic carbocycles. The lowest BCUT2D eigenvalue weighted by Gasteiger charge is -2.50. The summed E-state index contributed by atoms with van der Waals surface area (Å²) >= 11 is 0. The van der Waals surface area contributed by atoms with Crippen molar-refractivity contribution in [1.29, 1.82) is 0 Å². The second-order valence-electron chi connectivity index (χ2n) is 30.9. The Kier molecular flexibility index (Phi) is 41.4. The molecule has 20 N–H and O–H groups in total. The number of aliphatic hydroxyl groups is 12. The van der Waals surface area contributed by atoms with Crippen LogP contribution in [0.5, 0.6) is 0 Å². The first kappa shape index (κ1) is 109. The van der Waals surface area contributed by atoms with E-state index in [2.05, 4.69) is 47.6 Å². The standard InChI is InChI=1S/C39H58N2O25.C38H56N2O25/c1-8-9-10-18(44)58-11-16-21(45)27(19(40-14(4)42)36(57-7)60-16)62-39-26(50)24(48)30(32(66-39)34(53)54)64-37-20(41-15(5)43)28(22(46)17(61-37)12-59-35(55)13(2)3)63-38-25(49)23(47)29(56-6)31(65-38)33(51)52;1-8-9-17(43)57-10-15-20(44)26(18(39-13(4)41)35(56-7)59-15)61-38-25(49)23(47)29(31(65-38)33(52)53)63-36-19(40-14(5)42)27(21(45)16(60-36)11-58-34(54)12(2)3)62-37-24(48)22(46)28(55-6)30(64-37)32(50)51/h8,16-17,19-32,36-39,45-50H,1-2,9-12H2,3-7H3,(H,40,42)(H,41,43)(H,51,52)(H,53,54);8,15-16,18-31,35-38,44-49H,1-2,9-11H2,3-7H3,(H,39,41)(H,40,42)(H,50,51)(H,52,53)/t16?,17?,19-,20-,21+,22+,23+,24+,25-,26-,27+,28+,29-,30-,31?,32?,36?,37?,38?,39?;15?,16?,18-,19-,20+,21+,22+,23+,24-,25-,26+,27+,28-,29-,30?,31?,35?,36?,37?,38?/m00/s1. The number of amides is 4. The highest BCUT2D eigenvalue weighted by molar-refractivity contribution is 5.87. The van der Waals surface area contributed by atoms with Crippen molar-refractivity contribution in [3.8, 4) is 0 Å². The maximum absolute atomic E-state index is 12.9. The Labute approximate surface area is 744 Å². The smallest absolute Gasteiger partial charge is 0.335 e. The molecule has 4 amide bonds. The lowest BCUT2D eigenvalue weighted by molar-refractivity contribution is -0.369. The van der Waals surface area contributed by atoms with Crippen molar-refractivity contribution in [2.45, 2.75) is 306 Å². The highest BCUT2D eigenvalue weighted by Gasteiger charge is 2.62. The third-order valence-corrected chi connectivity index (χ3v) is 21.2. The molecule has 0 spiro atoms. The van der Waals surface area contributed by atoms with E-state index in [1.165, 1.54) is 33.1 Å². The molecule has 8 aliphatic rings. The van der Waals surface area contributed by atoms with Gasteiger partial charge in [0.25, 0.3) is 0 Å². The average Bonchev–Trinajstić information content (AvgIpc) is 0.770. The van der Waals surface area contributed by atoms with Gasteiger partial charge in [-0.25, -0.2) is 28.8 Å². The summed E-state index contributed by atoms with van der Waals surface area (Å²) in [5.41, 5.74) is -0.191. The molecule has 0 aromatic carbocycles. The quantitative estimate of drug-likeness (QED) is 0.0118. The van der Waals surface area contributed by atoms with Gasteiger partial charge in [-0.2, -0.15) is 0 Å². The number of carbonyl (C=O) groups excluding carboxylic acids is 8. The number of allylic oxidation sites excluding steroid dienone is 1. The number of ether oxygens (including phenoxy) is 22. The van der Waals surface area contributed by atoms with Crippen LogP contribution in [0.4, 0.5) is 0 Å². The van der Waals surface area contributed by atoms with Gasteiger partial charge in [-0.05, 0) is 20.3 Å². The van der Waals surface area contributed by atoms with Crippen LogP contribution >= 0.6 is 0 Å². The predicted molar refractivity (Wildman–Crippen MR) is 415 cm³/mol. The van der Waals surface area contributed by atoms with Crippen LogP contribution in [0.25, 0.3) is 0 Å². The first-order valence-corrected chi connectivity index (χ1v) is 40.2. The van der Waals surface area contributed by atoms with Crippen LogP contribution in [0.3, 0.4) is 0 Å². The first-order valence-electron chi connectivity index (χ1n) is 40.2. The maximum Gasteiger partial charge on any atom is 0.335 e. The van der Waals surface area contributed by atoms with Gasteiger partial charge < -0.3 is 207 Å². The lowest BCUT2D eigenvalue weighted by Crippen LogP contribution is -2.71. The van der Waals surface area contributed by atoms with Gasteiger partial charge in [0.15, 0.2) is 74.7 Å². The van der Waals surface area contributed by atoms with E-state index in [1.807, 2.05) is 0 Å². The molecule has 0 bridgehead atoms. The van der Waals surface area contributed by atoms with Crippen molar-refractivity contribution in [3.63, 3.8) is 0 Å². The third kappa shape index (κ3) is 27.6. The van der Waals surface area contributed by atoms with Gasteiger partial charge in [0.1, 0.15) is 197 Å². The zero-order chi connectivity index (χ0) is 97.9. The van der Waals surface area contributed by atoms with Gasteiger partial charge in [0.2, 0.25) is 23.6 Å². The van der Waals surface area contributed by atoms with Gasteiger partial charge in [0, 0.05) is 73.7 Å². The van der Waals surface area contributed by atoms with Crippen molar-refractivity contribution < 1.29 is 243 Å². The van der Waals surface area contributed by atoms with E-state index in [0.717, 1.165) is 49.0 Å². The molecule has 8 fully saturated rings. The fraction of sp³-hybridized carbons (Fsp3) is 0.740. The Hall–Kier alpha value is -8.60. The van der Waals surface area contributed by atoms with Gasteiger partial charge in [0.05, 0.1) is 6.42 Å². The summed E-state index contributed by atoms with van der Waals surface area (Å²) in [5.74, 6) is -13.6. The molecular formula is C77H114N4O50. The molecule has 0 radical (unpaired) electrons. The summed E-state index contributed by atoms with van der Waals surface area (Å²) in [6.07, 6.45) is -67.7. The molecule has 40 atom stereocenters. The van der Waals surface area contributed by atoms with Crippen LogP contribution in [0.2, 0.25) is 0 Å². The van der Waals surface area contributed by atoms with E-state index < -0.39 is 343 Å². The fourth-order valence-corrected chi connectivity index (χ4v) is 14.8. The Balaban J connectivity index is 0.000000358. The predicted octanol–water partition coefficient (Wildman–Crippen LogP) is -11.0. The van der Waals surface area contributed by atoms with Gasteiger partial charge in [-0.1, -0.05) is 25.3 Å². The molecule has 8 saturated heterocycles. The van der Waals surface area contributed by atoms with E-state index >= 15 is 0 Å². The SMILES string of the molecule is C=CCC(=O)OCC1OC(OC)[C@@H](NC(C)=O)[C@@H](OC2OC(C(=O)O)[C@@H](OC3OC(COC(=O)C(=C)C)[C@@H](O)[C@H](OC4OC(C(=O)O)[C@@H](OC)[C@H](O)[C@@H]4O)[C@@H]3NC(C)=O)[C@H](O)[C@@H]2O)[C@@H]1O.C=CCCC(=O)OCC1OC(OC)[C@@H](NC(C)=O)[C@@H](OC2OC(C(=O)O)[C@@H](OC3OC(COC(=O)C(=C)C)[C@@H](O)[C@H](OC4OC(C(=O)O)[C@@H](OC)[C@H](O)[C@@H]4O)[C@@H]3NC(C)=O)[C@H](O)[C@@H]2O)[C@@H]1O. The minimum atomic E-state index is -2.34. The average molecular weight is 1900 g/mol. The minimum Gasteiger partial charge on any atom is -0.479 e. The van der Waals surface area contributed by atoms with Crippen LogP contribution in [0.15, 0.2) is 49.6 Å². The van der Waals surface area contributed by atoms with Crippen molar-refractivity contribution >= 4 is 71.4 Å². The lowest BCUT2D eigenvalue weighted by atomic mass is 9.94. The van der Waals surface area contributed by atoms with Gasteiger partial charge in [-0.3, -0.25) is 28.8 Å². The first-order chi connectivity index (χ1) is 61.6. The number of methoxy groups -OCH3 is 4. The van der Waals surface area contributed by atoms with Gasteiger partial charge in [-0.15, -0.1) is 13.2 Å². The number of carboxylic acid groups (broad SMARTS) is 4. The number of hydrogen-bond acceptors (Lipinski definition) is 46. The molecule has 131 heavy (non-hydrogen) atoms. The molecule has 54 heteroatoms. The monoisotopic (exact) mass is 1890 g/mol. The summed E-state index contributed by atoms with van der Waals surface area (Å²) < 4.78 is 122. The molecule has 0 aromatic heterocycles. The summed E-state index contributed by atoms with van der Waals surface area (Å²) in [6, 6.07) is -6.49. The Morgan fingerprint density at radius 3 is 0.786 bits per heavy atom. The number of carbonyl (C=O) groups is 12. The van der Waals surface area contributed by atoms with Crippen LogP contribution in [-0.4, -0.2) is 453 Å². The van der Waals surface area contributed by atoms with E-state index in [9.17, 15) is 139 Å². The van der Waals surface area contributed by atoms with Crippen LogP contribution in [-0.2, 0) is 162 Å². The number of carboxylic acids is 4. The number of rotatable bonds is 39. The largest absolute Gasteiger partial charge is 0.479 e. The number of aliphatic carboxylic acids is 4. The van der Waals surface area contributed by atoms with E-state index in [-0.39, 0.29) is 30.4 Å². The molecule has 742 valence electrons. The fourth-order valence-electron chi connectivity index (χ4n) is 14.8. The van der Waals surface area contributed by atoms with E-state index in [1.54, 1.807) is 0 Å². The maximum atomic E-state index is 12.9. The highest BCUT2D eigenvalue weighted by atomic mass is 16.8. The Bertz CT molecular complexity index is 3940. The molecule has 54 nitrogen and oxygen atoms in total. The molecule has 16 unspecified atom stereocenters. The molecule has 8 aliphatic heterocycles. The third-order valence-electron chi connectivity index (χ3n) is 21.2. The molecule has 0 saturated carbocycles. The Morgan fingerprint density at radius 1 is 0.298 bits per heavy atom. The number of nitrogens with one attached hydrogen (secondary N) is 4. The molecule has 8 heterocycles. The van der Waals surface area contributed by atoms with E-state index in [0.29, 0.717) is 0 Å². The summed E-state index contributed by atoms with van der Waals surface area (Å²) in [6.45, 7) is 17.8. The van der Waals surface area contributed by atoms with Crippen LogP contribution in [0.1, 0.15) is 60.8 Å². The molecular weight excluding hydrogens is 1780 g/mol. The summed E-state index contributed by atoms with van der Waals surface area (Å²) in [7, 11) is 4.40. The van der Waals surface area contributed by atoms with Crippen molar-refractivity contribution in [2.75, 3.05) is 54.9 Å². The minimum absolute atomic E-state index is 0.0617. The molecule has 8 rings (SSSR count). The van der Waals surface area contributed by atoms with Gasteiger partial charge >= 0.3 is 47.8 Å². The van der Waals surface area contributed by atoms with Crippen molar-refractivity contribution in [2.24, 2.45) is 0 Å². The van der Waals surface area contributed by atoms with Crippen molar-refractivity contribution in [3.05, 3.63) is 49.6 Å². The van der Waals surface area contributed by atoms with Crippen LogP contribution < -0.4 is 21.3 Å². The number of esters is 4. The highest BCUT2D eigenvalue weighted by Crippen LogP contribution is 2.40. The Morgan fingerprint density at radius 2 is 0.542 bits per heavy atom. The van der Waals surface area contributed by atoms with Crippen LogP contribution in [0, 0.1) is 0 Å². The summed E-state index contributed by atoms with van der Waals surface area (Å²) in [4.78, 5) is 149. The summed E-state index contributed by atoms with van der Waals surface area (Å²) in [5, 5.41) is 185. The zero-order valence-electron chi connectivity index (χ0n) is 72.1. The normalized spacial score (nSPS) is 39.3. The van der Waals surface area contributed by atoms with Crippen molar-refractivity contribution in [1.82, 2.24) is 21.3 Å².